The van der Waals surface area contributed by atoms with Crippen LogP contribution < -0.4 is 19.3 Å². The molecule has 54 heavy (non-hydrogen) atoms. The van der Waals surface area contributed by atoms with Gasteiger partial charge in [-0.15, -0.1) is 0 Å². The zero-order valence-corrected chi connectivity index (χ0v) is 30.1. The summed E-state index contributed by atoms with van der Waals surface area (Å²) in [5, 5.41) is 0. The van der Waals surface area contributed by atoms with Crippen LogP contribution >= 0.6 is 0 Å². The summed E-state index contributed by atoms with van der Waals surface area (Å²) in [4.78, 5) is 97.4. The van der Waals surface area contributed by atoms with Gasteiger partial charge >= 0.3 is 47.8 Å². The first-order valence-electron chi connectivity index (χ1n) is 15.8. The number of benzene rings is 2. The molecule has 0 spiro atoms. The van der Waals surface area contributed by atoms with Gasteiger partial charge < -0.3 is 57.2 Å². The summed E-state index contributed by atoms with van der Waals surface area (Å²) in [6.45, 7) is 1.06. The van der Waals surface area contributed by atoms with E-state index in [4.69, 9.17) is 28.4 Å². The van der Waals surface area contributed by atoms with Crippen molar-refractivity contribution in [2.75, 3.05) is 63.2 Å². The second kappa shape index (κ2) is 23.1. The molecule has 294 valence electrons. The fraction of sp³-hybridized carbons (Fsp3) is 0.412. The molecule has 0 aromatic heterocycles. The van der Waals surface area contributed by atoms with E-state index < -0.39 is 107 Å². The maximum Gasteiger partial charge on any atom is 0.328 e. The third kappa shape index (κ3) is 17.6. The number of nitrogens with zero attached hydrogens (tertiary/aromatic N) is 2. The highest BCUT2D eigenvalue weighted by Crippen LogP contribution is 2.32. The van der Waals surface area contributed by atoms with Crippen molar-refractivity contribution in [1.29, 1.82) is 0 Å². The number of rotatable bonds is 22. The fourth-order valence-corrected chi connectivity index (χ4v) is 3.99. The molecule has 2 rings (SSSR count). The van der Waals surface area contributed by atoms with Crippen LogP contribution in [0.25, 0.3) is 0 Å². The van der Waals surface area contributed by atoms with E-state index in [1.807, 2.05) is 0 Å². The van der Waals surface area contributed by atoms with Crippen molar-refractivity contribution >= 4 is 59.1 Å². The molecule has 0 aliphatic carbocycles. The van der Waals surface area contributed by atoms with E-state index in [1.165, 1.54) is 41.0 Å². The minimum Gasteiger partial charge on any atom is -0.453 e. The predicted octanol–water partition coefficient (Wildman–Crippen LogP) is 1.36. The summed E-state index contributed by atoms with van der Waals surface area (Å²) in [7, 11) is 0. The number of carbonyl (C=O) groups is 8. The van der Waals surface area contributed by atoms with Crippen LogP contribution in [0.2, 0.25) is 0 Å². The molecule has 0 radical (unpaired) electrons. The molecule has 0 saturated carbocycles. The number of hydrogen-bond acceptors (Lipinski definition) is 20. The summed E-state index contributed by atoms with van der Waals surface area (Å²) < 4.78 is 50.4. The number of para-hydroxylation sites is 4. The molecule has 2 aromatic carbocycles. The van der Waals surface area contributed by atoms with E-state index in [1.54, 1.807) is 24.3 Å². The minimum absolute atomic E-state index is 0.100. The first-order chi connectivity index (χ1) is 25.6. The molecule has 0 amide bonds. The van der Waals surface area contributed by atoms with Crippen molar-refractivity contribution in [3.8, 4) is 11.5 Å². The van der Waals surface area contributed by atoms with Gasteiger partial charge in [0.15, 0.2) is 0 Å². The lowest BCUT2D eigenvalue weighted by molar-refractivity contribution is -0.167. The quantitative estimate of drug-likeness (QED) is 0.0935. The van der Waals surface area contributed by atoms with E-state index >= 15 is 0 Å². The van der Waals surface area contributed by atoms with Crippen LogP contribution in [0.1, 0.15) is 34.6 Å². The number of ether oxygens (including phenoxy) is 10. The standard InChI is InChI=1S/C34H40N2O18/c1-22(37)45-18-49-31(41)14-35(15-32(42)50-19-46-23(2)38)27-10-6-8-12-29(27)53-26(5)54-30-13-9-7-11-28(30)36(16-33(43)51-20-47-24(3)39)17-34(44)52-21-48-25(4)40/h6-13,26H,14-21H2,1-5H3. The van der Waals surface area contributed by atoms with Crippen LogP contribution in [0, 0.1) is 0 Å². The van der Waals surface area contributed by atoms with E-state index in [-0.39, 0.29) is 22.9 Å². The van der Waals surface area contributed by atoms with Crippen molar-refractivity contribution < 1.29 is 85.7 Å². The topological polar surface area (TPSA) is 235 Å². The molecule has 2 aromatic rings. The van der Waals surface area contributed by atoms with E-state index in [0.29, 0.717) is 0 Å². The molecule has 0 fully saturated rings. The second-order valence-corrected chi connectivity index (χ2v) is 10.5. The molecule has 0 aliphatic rings. The minimum atomic E-state index is -1.13. The van der Waals surface area contributed by atoms with Crippen molar-refractivity contribution in [2.24, 2.45) is 0 Å². The molecule has 0 unspecified atom stereocenters. The highest BCUT2D eigenvalue weighted by Gasteiger charge is 2.24. The molecule has 0 heterocycles. The van der Waals surface area contributed by atoms with E-state index in [9.17, 15) is 38.4 Å². The zero-order valence-electron chi connectivity index (χ0n) is 30.1. The van der Waals surface area contributed by atoms with Crippen LogP contribution in [-0.4, -0.2) is 107 Å². The normalized spacial score (nSPS) is 10.2. The molecule has 0 N–H and O–H groups in total. The zero-order chi connectivity index (χ0) is 40.0. The number of carbonyl (C=O) groups excluding carboxylic acids is 8. The lowest BCUT2D eigenvalue weighted by Crippen LogP contribution is -2.37. The Bertz CT molecular complexity index is 1440. The summed E-state index contributed by atoms with van der Waals surface area (Å²) in [6, 6.07) is 12.4. The van der Waals surface area contributed by atoms with Gasteiger partial charge in [-0.05, 0) is 24.3 Å². The third-order valence-corrected chi connectivity index (χ3v) is 6.21. The van der Waals surface area contributed by atoms with Crippen molar-refractivity contribution in [3.63, 3.8) is 0 Å². The van der Waals surface area contributed by atoms with Crippen molar-refractivity contribution in [3.05, 3.63) is 48.5 Å². The predicted molar refractivity (Wildman–Crippen MR) is 179 cm³/mol. The molecule has 0 atom stereocenters. The fourth-order valence-electron chi connectivity index (χ4n) is 3.99. The summed E-state index contributed by atoms with van der Waals surface area (Å²) in [6.07, 6.45) is -1.13. The Morgan fingerprint density at radius 2 is 0.704 bits per heavy atom. The number of hydrogen-bond donors (Lipinski definition) is 0. The smallest absolute Gasteiger partial charge is 0.328 e. The maximum atomic E-state index is 12.6. The monoisotopic (exact) mass is 764 g/mol. The highest BCUT2D eigenvalue weighted by molar-refractivity contribution is 5.84. The molecule has 20 heteroatoms. The Hall–Kier alpha value is -6.60. The summed E-state index contributed by atoms with van der Waals surface area (Å²) in [5.74, 6) is -6.14. The molecule has 0 bridgehead atoms. The average molecular weight is 765 g/mol. The van der Waals surface area contributed by atoms with Crippen LogP contribution in [0.15, 0.2) is 48.5 Å². The Kier molecular flexibility index (Phi) is 18.6. The van der Waals surface area contributed by atoms with Crippen molar-refractivity contribution in [1.82, 2.24) is 0 Å². The van der Waals surface area contributed by atoms with Gasteiger partial charge in [-0.1, -0.05) is 24.3 Å². The molecular formula is C34H40N2O18. The lowest BCUT2D eigenvalue weighted by Gasteiger charge is -2.28. The first kappa shape index (κ1) is 43.6. The number of esters is 8. The van der Waals surface area contributed by atoms with Gasteiger partial charge in [-0.25, -0.2) is 0 Å². The molecule has 20 nitrogen and oxygen atoms in total. The van der Waals surface area contributed by atoms with Gasteiger partial charge in [0.05, 0.1) is 11.4 Å². The van der Waals surface area contributed by atoms with E-state index in [2.05, 4.69) is 18.9 Å². The Morgan fingerprint density at radius 3 is 0.963 bits per heavy atom. The van der Waals surface area contributed by atoms with Gasteiger partial charge in [0.1, 0.15) is 37.7 Å². The molecule has 0 saturated heterocycles. The van der Waals surface area contributed by atoms with Gasteiger partial charge in [0.2, 0.25) is 33.5 Å². The highest BCUT2D eigenvalue weighted by atomic mass is 16.7. The summed E-state index contributed by atoms with van der Waals surface area (Å²) in [5.41, 5.74) is 0.366. The van der Waals surface area contributed by atoms with Gasteiger partial charge in [0, 0.05) is 34.6 Å². The van der Waals surface area contributed by atoms with Crippen LogP contribution in [0.4, 0.5) is 11.4 Å². The van der Waals surface area contributed by atoms with Crippen LogP contribution in [0.3, 0.4) is 0 Å². The maximum absolute atomic E-state index is 12.6. The Labute approximate surface area is 308 Å². The van der Waals surface area contributed by atoms with Gasteiger partial charge in [-0.2, -0.15) is 0 Å². The second-order valence-electron chi connectivity index (χ2n) is 10.5. The Balaban J connectivity index is 2.33. The molecule has 0 aliphatic heterocycles. The SMILES string of the molecule is CC(=O)OCOC(=O)CN(CC(=O)OCOC(C)=O)c1ccccc1OC(C)Oc1ccccc1N(CC(=O)OCOC(C)=O)CC(=O)OCOC(C)=O. The first-order valence-corrected chi connectivity index (χ1v) is 15.8. The lowest BCUT2D eigenvalue weighted by atomic mass is 10.2. The van der Waals surface area contributed by atoms with Gasteiger partial charge in [-0.3, -0.25) is 38.4 Å². The number of anilines is 2. The van der Waals surface area contributed by atoms with Crippen molar-refractivity contribution in [2.45, 2.75) is 40.9 Å². The van der Waals surface area contributed by atoms with Crippen LogP contribution in [0.5, 0.6) is 11.5 Å². The average Bonchev–Trinajstić information content (AvgIpc) is 3.07. The Morgan fingerprint density at radius 1 is 0.444 bits per heavy atom. The molecular weight excluding hydrogens is 724 g/mol. The van der Waals surface area contributed by atoms with Gasteiger partial charge in [0.25, 0.3) is 0 Å². The third-order valence-electron chi connectivity index (χ3n) is 6.21. The summed E-state index contributed by atoms with van der Waals surface area (Å²) >= 11 is 0. The van der Waals surface area contributed by atoms with Crippen LogP contribution in [-0.2, 0) is 76.3 Å². The largest absolute Gasteiger partial charge is 0.453 e. The van der Waals surface area contributed by atoms with E-state index in [0.717, 1.165) is 27.7 Å².